The van der Waals surface area contributed by atoms with Crippen molar-refractivity contribution in [3.05, 3.63) is 11.6 Å². The monoisotopic (exact) mass is 925 g/mol. The molecule has 5 aliphatic carbocycles. The lowest BCUT2D eigenvalue weighted by Gasteiger charge is -2.71. The van der Waals surface area contributed by atoms with Crippen LogP contribution >= 0.6 is 0 Å². The van der Waals surface area contributed by atoms with E-state index in [4.69, 9.17) is 33.2 Å². The maximum atomic E-state index is 13.1. The number of carbonyl (C=O) groups excluding carboxylic acids is 1. The fourth-order valence-corrected chi connectivity index (χ4v) is 14.8. The Morgan fingerprint density at radius 1 is 0.738 bits per heavy atom. The zero-order valence-corrected chi connectivity index (χ0v) is 39.3. The summed E-state index contributed by atoms with van der Waals surface area (Å²) < 4.78 is 41.4. The Labute approximate surface area is 382 Å². The summed E-state index contributed by atoms with van der Waals surface area (Å²) in [6.07, 6.45) is -9.35. The number of fused-ring (bicyclic) bond motifs is 7. The van der Waals surface area contributed by atoms with Gasteiger partial charge in [-0.15, -0.1) is 0 Å². The summed E-state index contributed by atoms with van der Waals surface area (Å²) in [5.41, 5.74) is -0.577. The van der Waals surface area contributed by atoms with E-state index >= 15 is 0 Å². The second-order valence-electron chi connectivity index (χ2n) is 23.0. The predicted octanol–water partition coefficient (Wildman–Crippen LogP) is 2.56. The number of ether oxygens (including phenoxy) is 7. The first kappa shape index (κ1) is 49.6. The minimum atomic E-state index is -1.76. The lowest BCUT2D eigenvalue weighted by Crippen LogP contribution is -2.67. The van der Waals surface area contributed by atoms with Crippen LogP contribution in [0.3, 0.4) is 0 Å². The van der Waals surface area contributed by atoms with Gasteiger partial charge >= 0.3 is 11.9 Å². The fraction of sp³-hybridized carbons (Fsp3) is 0.917. The summed E-state index contributed by atoms with van der Waals surface area (Å²) in [4.78, 5) is 24.6. The first-order valence-electron chi connectivity index (χ1n) is 24.0. The number of hydrogen-bond donors (Lipinski definition) is 8. The van der Waals surface area contributed by atoms with Gasteiger partial charge < -0.3 is 74.0 Å². The number of esters is 1. The van der Waals surface area contributed by atoms with Crippen molar-refractivity contribution in [1.82, 2.24) is 0 Å². The van der Waals surface area contributed by atoms with E-state index in [1.807, 2.05) is 0 Å². The molecule has 3 heterocycles. The first-order chi connectivity index (χ1) is 30.4. The van der Waals surface area contributed by atoms with Gasteiger partial charge in [-0.25, -0.2) is 0 Å². The summed E-state index contributed by atoms with van der Waals surface area (Å²) in [6.45, 7) is 15.7. The van der Waals surface area contributed by atoms with Gasteiger partial charge in [0.2, 0.25) is 0 Å². The Morgan fingerprint density at radius 3 is 2.09 bits per heavy atom. The Balaban J connectivity index is 1.00. The normalized spacial score (nSPS) is 53.0. The van der Waals surface area contributed by atoms with Gasteiger partial charge in [0.15, 0.2) is 25.0 Å². The second kappa shape index (κ2) is 17.5. The quantitative estimate of drug-likeness (QED) is 0.0939. The molecule has 7 fully saturated rings. The van der Waals surface area contributed by atoms with Crippen LogP contribution in [0.15, 0.2) is 11.6 Å². The highest BCUT2D eigenvalue weighted by atomic mass is 16.8. The fourth-order valence-electron chi connectivity index (χ4n) is 14.8. The van der Waals surface area contributed by atoms with Gasteiger partial charge in [0.1, 0.15) is 48.8 Å². The number of aliphatic hydroxyl groups is 7. The van der Waals surface area contributed by atoms with E-state index in [1.165, 1.54) is 12.5 Å². The average Bonchev–Trinajstić information content (AvgIpc) is 3.24. The molecule has 0 radical (unpaired) electrons. The number of allylic oxidation sites excluding steroid dienone is 2. The zero-order valence-electron chi connectivity index (χ0n) is 39.3. The van der Waals surface area contributed by atoms with Crippen LogP contribution in [0.4, 0.5) is 0 Å². The Hall–Kier alpha value is -1.84. The van der Waals surface area contributed by atoms with Crippen molar-refractivity contribution in [3.8, 4) is 0 Å². The van der Waals surface area contributed by atoms with Crippen LogP contribution in [0, 0.1) is 50.2 Å². The molecule has 22 atom stereocenters. The van der Waals surface area contributed by atoms with Crippen molar-refractivity contribution in [2.24, 2.45) is 50.2 Å². The van der Waals surface area contributed by atoms with Crippen LogP contribution in [0.25, 0.3) is 0 Å². The molecule has 0 bridgehead atoms. The predicted molar refractivity (Wildman–Crippen MR) is 228 cm³/mol. The Morgan fingerprint density at radius 2 is 1.42 bits per heavy atom. The standard InChI is InChI=1S/C48H76O17/c1-23-32(52)37(64-39-35(55)34(54)28(21-60-39)62-24(2)50)36(56)40(61-23)65-38-33(53)27(51)20-59-41(38)63-31-12-13-44(5)29(45(31,6)22-49)11-14-47(8)30(44)10-9-25-26-19-43(3,4)15-17-48(26,42(57)58)18-16-46(25,47)7/h9,23,26-41,49,51-56H,10-22H2,1-8H3,(H,57,58)/t23-,26?,27-,28-,29?,30?,31?,32-,33+,34-,35-,36-,37-,38-,39+,40+,41+,44?,45?,46?,47?,48?/m1/s1. The maximum Gasteiger partial charge on any atom is 0.310 e. The molecule has 3 saturated heterocycles. The molecule has 0 aromatic heterocycles. The Bertz CT molecular complexity index is 1810. The minimum absolute atomic E-state index is 0.000155. The third-order valence-electron chi connectivity index (χ3n) is 19.0. The number of aliphatic carboxylic acids is 1. The number of carbonyl (C=O) groups is 2. The molecule has 0 aromatic carbocycles. The van der Waals surface area contributed by atoms with Crippen LogP contribution in [-0.2, 0) is 42.7 Å². The number of carboxylic acids is 1. The van der Waals surface area contributed by atoms with E-state index in [9.17, 15) is 50.4 Å². The highest BCUT2D eigenvalue weighted by molar-refractivity contribution is 5.76. The van der Waals surface area contributed by atoms with Gasteiger partial charge in [-0.05, 0) is 111 Å². The van der Waals surface area contributed by atoms with Crippen LogP contribution in [0.1, 0.15) is 120 Å². The van der Waals surface area contributed by atoms with E-state index in [0.29, 0.717) is 19.3 Å². The van der Waals surface area contributed by atoms with E-state index in [-0.39, 0.29) is 59.2 Å². The van der Waals surface area contributed by atoms with Crippen molar-refractivity contribution >= 4 is 11.9 Å². The maximum absolute atomic E-state index is 13.1. The molecule has 370 valence electrons. The van der Waals surface area contributed by atoms with Crippen molar-refractivity contribution in [2.45, 2.75) is 206 Å². The molecular formula is C48H76O17. The molecule has 4 saturated carbocycles. The zero-order chi connectivity index (χ0) is 47.4. The van der Waals surface area contributed by atoms with Crippen molar-refractivity contribution in [1.29, 1.82) is 0 Å². The van der Waals surface area contributed by atoms with E-state index < -0.39 is 109 Å². The third-order valence-corrected chi connectivity index (χ3v) is 19.0. The topological polar surface area (TPSA) is 261 Å². The van der Waals surface area contributed by atoms with Crippen LogP contribution < -0.4 is 0 Å². The molecule has 0 spiro atoms. The van der Waals surface area contributed by atoms with Gasteiger partial charge in [-0.2, -0.15) is 0 Å². The van der Waals surface area contributed by atoms with Crippen molar-refractivity contribution in [2.75, 3.05) is 19.8 Å². The van der Waals surface area contributed by atoms with Crippen molar-refractivity contribution in [3.63, 3.8) is 0 Å². The van der Waals surface area contributed by atoms with Gasteiger partial charge in [0, 0.05) is 12.3 Å². The summed E-state index contributed by atoms with van der Waals surface area (Å²) in [5.74, 6) is -1.06. The number of hydrogen-bond acceptors (Lipinski definition) is 16. The minimum Gasteiger partial charge on any atom is -0.481 e. The smallest absolute Gasteiger partial charge is 0.310 e. The highest BCUT2D eigenvalue weighted by Gasteiger charge is 2.70. The summed E-state index contributed by atoms with van der Waals surface area (Å²) in [5, 5.41) is 88.5. The van der Waals surface area contributed by atoms with E-state index in [0.717, 1.165) is 51.9 Å². The van der Waals surface area contributed by atoms with Gasteiger partial charge in [0.05, 0.1) is 37.4 Å². The highest BCUT2D eigenvalue weighted by Crippen LogP contribution is 2.76. The van der Waals surface area contributed by atoms with Gasteiger partial charge in [0.25, 0.3) is 0 Å². The molecule has 65 heavy (non-hydrogen) atoms. The summed E-state index contributed by atoms with van der Waals surface area (Å²) in [6, 6.07) is 0. The van der Waals surface area contributed by atoms with Crippen LogP contribution in [-0.4, -0.2) is 159 Å². The molecule has 3 aliphatic heterocycles. The lowest BCUT2D eigenvalue weighted by atomic mass is 9.33. The second-order valence-corrected chi connectivity index (χ2v) is 23.0. The number of aliphatic hydroxyl groups excluding tert-OH is 7. The third kappa shape index (κ3) is 7.96. The molecule has 8 rings (SSSR count). The molecular weight excluding hydrogens is 849 g/mol. The van der Waals surface area contributed by atoms with E-state index in [2.05, 4.69) is 47.6 Å². The molecule has 17 heteroatoms. The lowest BCUT2D eigenvalue weighted by molar-refractivity contribution is -0.379. The van der Waals surface area contributed by atoms with Crippen LogP contribution in [0.5, 0.6) is 0 Å². The summed E-state index contributed by atoms with van der Waals surface area (Å²) in [7, 11) is 0. The number of carboxylic acid groups (broad SMARTS) is 1. The molecule has 8 aliphatic rings. The molecule has 0 amide bonds. The van der Waals surface area contributed by atoms with Crippen LogP contribution in [0.2, 0.25) is 0 Å². The van der Waals surface area contributed by atoms with Crippen molar-refractivity contribution < 1.29 is 83.6 Å². The Kier molecular flexibility index (Phi) is 13.4. The number of rotatable bonds is 9. The summed E-state index contributed by atoms with van der Waals surface area (Å²) >= 11 is 0. The van der Waals surface area contributed by atoms with E-state index in [1.54, 1.807) is 0 Å². The molecule has 0 aromatic rings. The molecule has 17 nitrogen and oxygen atoms in total. The molecule has 8 N–H and O–H groups in total. The SMILES string of the molecule is CC(=O)O[C@@H]1CO[C@@H](O[C@H]2[C@@H](O)[C@H](O[C@H]3[C@H](OC4CCC5(C)C(CCC6(C)C5CC=C5C7CC(C)(C)CCC7(C(=O)O)CCC56C)C4(C)CO)OC[C@@H](O)[C@@H]3O)O[C@H](C)[C@H]2O)[C@H](O)[C@@H]1O. The van der Waals surface area contributed by atoms with Gasteiger partial charge in [-0.1, -0.05) is 53.2 Å². The van der Waals surface area contributed by atoms with Gasteiger partial charge in [-0.3, -0.25) is 9.59 Å². The molecule has 9 unspecified atom stereocenters. The first-order valence-corrected chi connectivity index (χ1v) is 24.0. The average molecular weight is 925 g/mol. The largest absolute Gasteiger partial charge is 0.481 e.